The van der Waals surface area contributed by atoms with Gasteiger partial charge in [-0.1, -0.05) is 6.92 Å². The standard InChI is InChI=1S/C11H15F3N2O2/c1-4-5-15-8(11(12,13)14)6-9(17)16(7(2)3)10(15)18/h6-7H,4-5H2,1-3H3. The average molecular weight is 264 g/mol. The molecule has 0 aliphatic heterocycles. The van der Waals surface area contributed by atoms with Gasteiger partial charge in [0.15, 0.2) is 0 Å². The molecule has 4 nitrogen and oxygen atoms in total. The van der Waals surface area contributed by atoms with Crippen LogP contribution in [-0.2, 0) is 12.7 Å². The highest BCUT2D eigenvalue weighted by Crippen LogP contribution is 2.27. The highest BCUT2D eigenvalue weighted by Gasteiger charge is 2.35. The van der Waals surface area contributed by atoms with E-state index in [0.29, 0.717) is 17.1 Å². The van der Waals surface area contributed by atoms with E-state index in [9.17, 15) is 22.8 Å². The lowest BCUT2D eigenvalue weighted by atomic mass is 10.3. The predicted molar refractivity (Wildman–Crippen MR) is 60.6 cm³/mol. The van der Waals surface area contributed by atoms with Crippen molar-refractivity contribution in [3.8, 4) is 0 Å². The Kier molecular flexibility index (Phi) is 4.03. The second-order valence-corrected chi connectivity index (χ2v) is 4.26. The van der Waals surface area contributed by atoms with Gasteiger partial charge >= 0.3 is 11.9 Å². The van der Waals surface area contributed by atoms with Crippen LogP contribution in [0.1, 0.15) is 38.9 Å². The summed E-state index contributed by atoms with van der Waals surface area (Å²) in [5.74, 6) is 0. The van der Waals surface area contributed by atoms with Gasteiger partial charge in [-0.15, -0.1) is 0 Å². The largest absolute Gasteiger partial charge is 0.431 e. The fraction of sp³-hybridized carbons (Fsp3) is 0.636. The number of rotatable bonds is 3. The SMILES string of the molecule is CCCn1c(C(F)(F)F)cc(=O)n(C(C)C)c1=O. The van der Waals surface area contributed by atoms with E-state index >= 15 is 0 Å². The molecule has 0 N–H and O–H groups in total. The van der Waals surface area contributed by atoms with Crippen LogP contribution >= 0.6 is 0 Å². The van der Waals surface area contributed by atoms with Crippen LogP contribution in [0.2, 0.25) is 0 Å². The Morgan fingerprint density at radius 2 is 1.83 bits per heavy atom. The fourth-order valence-electron chi connectivity index (χ4n) is 1.74. The first-order valence-electron chi connectivity index (χ1n) is 5.63. The number of hydrogen-bond donors (Lipinski definition) is 0. The molecule has 0 amide bonds. The van der Waals surface area contributed by atoms with Crippen LogP contribution in [0.25, 0.3) is 0 Å². The normalized spacial score (nSPS) is 12.2. The summed E-state index contributed by atoms with van der Waals surface area (Å²) in [5.41, 5.74) is -3.02. The van der Waals surface area contributed by atoms with E-state index in [1.165, 1.54) is 0 Å². The quantitative estimate of drug-likeness (QED) is 0.838. The zero-order valence-electron chi connectivity index (χ0n) is 10.4. The Morgan fingerprint density at radius 1 is 1.28 bits per heavy atom. The molecule has 0 spiro atoms. The van der Waals surface area contributed by atoms with Crippen LogP contribution in [0.3, 0.4) is 0 Å². The van der Waals surface area contributed by atoms with E-state index in [-0.39, 0.29) is 6.54 Å². The molecule has 0 saturated carbocycles. The van der Waals surface area contributed by atoms with E-state index in [1.54, 1.807) is 20.8 Å². The van der Waals surface area contributed by atoms with Crippen molar-refractivity contribution in [1.82, 2.24) is 9.13 Å². The highest BCUT2D eigenvalue weighted by molar-refractivity contribution is 5.07. The molecule has 0 radical (unpaired) electrons. The fourth-order valence-corrected chi connectivity index (χ4v) is 1.74. The molecular formula is C11H15F3N2O2. The number of halogens is 3. The number of aromatic nitrogens is 2. The van der Waals surface area contributed by atoms with Gasteiger partial charge in [0.2, 0.25) is 0 Å². The smallest absolute Gasteiger partial charge is 0.289 e. The van der Waals surface area contributed by atoms with Crippen molar-refractivity contribution in [3.63, 3.8) is 0 Å². The molecule has 1 rings (SSSR count). The second kappa shape index (κ2) is 4.99. The molecule has 0 fully saturated rings. The third-order valence-corrected chi connectivity index (χ3v) is 2.48. The summed E-state index contributed by atoms with van der Waals surface area (Å²) in [7, 11) is 0. The molecule has 0 aliphatic rings. The first-order chi connectivity index (χ1) is 8.20. The highest BCUT2D eigenvalue weighted by atomic mass is 19.4. The van der Waals surface area contributed by atoms with Crippen molar-refractivity contribution in [3.05, 3.63) is 32.6 Å². The van der Waals surface area contributed by atoms with Crippen molar-refractivity contribution in [1.29, 1.82) is 0 Å². The van der Waals surface area contributed by atoms with Gasteiger partial charge in [0.25, 0.3) is 5.56 Å². The lowest BCUT2D eigenvalue weighted by Crippen LogP contribution is -2.43. The molecule has 1 aromatic heterocycles. The third-order valence-electron chi connectivity index (χ3n) is 2.48. The Balaban J connectivity index is 3.67. The molecule has 0 bridgehead atoms. The molecule has 0 aromatic carbocycles. The van der Waals surface area contributed by atoms with Crippen LogP contribution in [0, 0.1) is 0 Å². The van der Waals surface area contributed by atoms with Crippen LogP contribution in [0.15, 0.2) is 15.7 Å². The summed E-state index contributed by atoms with van der Waals surface area (Å²) >= 11 is 0. The first kappa shape index (κ1) is 14.5. The summed E-state index contributed by atoms with van der Waals surface area (Å²) in [4.78, 5) is 23.5. The summed E-state index contributed by atoms with van der Waals surface area (Å²) < 4.78 is 39.7. The van der Waals surface area contributed by atoms with Crippen LogP contribution < -0.4 is 11.2 Å². The summed E-state index contributed by atoms with van der Waals surface area (Å²) in [6.07, 6.45) is -4.33. The van der Waals surface area contributed by atoms with Gasteiger partial charge in [-0.2, -0.15) is 13.2 Å². The van der Waals surface area contributed by atoms with Crippen molar-refractivity contribution < 1.29 is 13.2 Å². The number of alkyl halides is 3. The van der Waals surface area contributed by atoms with Gasteiger partial charge < -0.3 is 0 Å². The molecule has 102 valence electrons. The molecular weight excluding hydrogens is 249 g/mol. The van der Waals surface area contributed by atoms with E-state index < -0.39 is 29.2 Å². The van der Waals surface area contributed by atoms with E-state index in [1.807, 2.05) is 0 Å². The number of hydrogen-bond acceptors (Lipinski definition) is 2. The Hall–Kier alpha value is -1.53. The Morgan fingerprint density at radius 3 is 2.22 bits per heavy atom. The van der Waals surface area contributed by atoms with Gasteiger partial charge in [0.05, 0.1) is 0 Å². The maximum absolute atomic E-state index is 12.8. The maximum Gasteiger partial charge on any atom is 0.431 e. The molecule has 0 saturated heterocycles. The predicted octanol–water partition coefficient (Wildman–Crippen LogP) is 2.02. The lowest BCUT2D eigenvalue weighted by molar-refractivity contribution is -0.144. The summed E-state index contributed by atoms with van der Waals surface area (Å²) in [6, 6.07) is 0.00670. The van der Waals surface area contributed by atoms with Gasteiger partial charge in [-0.25, -0.2) is 4.79 Å². The molecule has 1 aromatic rings. The minimum Gasteiger partial charge on any atom is -0.289 e. The molecule has 0 aliphatic carbocycles. The Labute approximate surface area is 102 Å². The van der Waals surface area contributed by atoms with E-state index in [2.05, 4.69) is 0 Å². The van der Waals surface area contributed by atoms with Gasteiger partial charge in [0, 0.05) is 18.7 Å². The van der Waals surface area contributed by atoms with Gasteiger partial charge in [0.1, 0.15) is 5.69 Å². The topological polar surface area (TPSA) is 44.0 Å². The van der Waals surface area contributed by atoms with Crippen LogP contribution in [-0.4, -0.2) is 9.13 Å². The monoisotopic (exact) mass is 264 g/mol. The lowest BCUT2D eigenvalue weighted by Gasteiger charge is -2.18. The molecule has 0 unspecified atom stereocenters. The second-order valence-electron chi connectivity index (χ2n) is 4.26. The van der Waals surface area contributed by atoms with Crippen molar-refractivity contribution in [2.75, 3.05) is 0 Å². The zero-order chi connectivity index (χ0) is 14.1. The van der Waals surface area contributed by atoms with Crippen LogP contribution in [0.4, 0.5) is 13.2 Å². The van der Waals surface area contributed by atoms with Crippen molar-refractivity contribution in [2.24, 2.45) is 0 Å². The Bertz CT molecular complexity index is 541. The first-order valence-corrected chi connectivity index (χ1v) is 5.63. The number of nitrogens with zero attached hydrogens (tertiary/aromatic N) is 2. The zero-order valence-corrected chi connectivity index (χ0v) is 10.4. The molecule has 0 atom stereocenters. The van der Waals surface area contributed by atoms with Crippen molar-refractivity contribution >= 4 is 0 Å². The third kappa shape index (κ3) is 2.65. The van der Waals surface area contributed by atoms with Gasteiger partial charge in [-0.05, 0) is 20.3 Å². The van der Waals surface area contributed by atoms with E-state index in [0.717, 1.165) is 4.57 Å². The maximum atomic E-state index is 12.8. The summed E-state index contributed by atoms with van der Waals surface area (Å²) in [6.45, 7) is 4.75. The summed E-state index contributed by atoms with van der Waals surface area (Å²) in [5, 5.41) is 0. The minimum absolute atomic E-state index is 0.0688. The van der Waals surface area contributed by atoms with Gasteiger partial charge in [-0.3, -0.25) is 13.9 Å². The molecule has 1 heterocycles. The minimum atomic E-state index is -4.70. The average Bonchev–Trinajstić information content (AvgIpc) is 2.19. The molecule has 7 heteroatoms. The van der Waals surface area contributed by atoms with Crippen molar-refractivity contribution in [2.45, 2.75) is 46.0 Å². The van der Waals surface area contributed by atoms with Crippen LogP contribution in [0.5, 0.6) is 0 Å². The molecule has 18 heavy (non-hydrogen) atoms. The van der Waals surface area contributed by atoms with E-state index in [4.69, 9.17) is 0 Å².